The van der Waals surface area contributed by atoms with Crippen LogP contribution in [0.15, 0.2) is 35.1 Å². The fourth-order valence-corrected chi connectivity index (χ4v) is 3.66. The average Bonchev–Trinajstić information content (AvgIpc) is 2.77. The van der Waals surface area contributed by atoms with E-state index in [2.05, 4.69) is 27.1 Å². The summed E-state index contributed by atoms with van der Waals surface area (Å²) in [6, 6.07) is 7.35. The number of benzene rings is 1. The number of nitro groups is 1. The third-order valence-electron chi connectivity index (χ3n) is 5.48. The number of nitrogens with one attached hydrogen (secondary N) is 1. The summed E-state index contributed by atoms with van der Waals surface area (Å²) < 4.78 is 1.27. The van der Waals surface area contributed by atoms with Gasteiger partial charge in [0.05, 0.1) is 4.92 Å². The van der Waals surface area contributed by atoms with Crippen molar-refractivity contribution in [1.82, 2.24) is 24.9 Å². The number of hydrogen-bond donors (Lipinski definition) is 1. The second-order valence-corrected chi connectivity index (χ2v) is 7.54. The third kappa shape index (κ3) is 5.53. The van der Waals surface area contributed by atoms with E-state index in [-0.39, 0.29) is 17.1 Å². The van der Waals surface area contributed by atoms with Gasteiger partial charge in [0.15, 0.2) is 5.69 Å². The van der Waals surface area contributed by atoms with E-state index in [0.717, 1.165) is 45.7 Å². The van der Waals surface area contributed by atoms with E-state index in [4.69, 9.17) is 0 Å². The SMILES string of the molecule is CCN1CCN(CCCNC(=O)c2nn(-c3ccccc3[N+](=O)[O-])c(C)cc2=O)CC1. The standard InChI is InChI=1S/C21H28N6O4/c1-3-24-11-13-25(14-12-24)10-6-9-22-21(29)20-19(28)15-16(2)26(23-20)17-7-4-5-8-18(17)27(30)31/h4-5,7-8,15H,3,6,9-14H2,1-2H3,(H,22,29). The Morgan fingerprint density at radius 3 is 2.55 bits per heavy atom. The van der Waals surface area contributed by atoms with E-state index in [1.54, 1.807) is 19.1 Å². The highest BCUT2D eigenvalue weighted by atomic mass is 16.6. The van der Waals surface area contributed by atoms with Crippen molar-refractivity contribution in [3.05, 3.63) is 62.1 Å². The number of para-hydroxylation sites is 2. The smallest absolute Gasteiger partial charge is 0.294 e. The van der Waals surface area contributed by atoms with Crippen LogP contribution in [0.4, 0.5) is 5.69 Å². The van der Waals surface area contributed by atoms with Crippen molar-refractivity contribution in [3.8, 4) is 5.69 Å². The molecule has 0 saturated carbocycles. The number of aryl methyl sites for hydroxylation is 1. The van der Waals surface area contributed by atoms with Gasteiger partial charge in [0.25, 0.3) is 11.6 Å². The van der Waals surface area contributed by atoms with Crippen LogP contribution in [0, 0.1) is 17.0 Å². The summed E-state index contributed by atoms with van der Waals surface area (Å²) in [6.07, 6.45) is 0.766. The lowest BCUT2D eigenvalue weighted by Gasteiger charge is -2.33. The summed E-state index contributed by atoms with van der Waals surface area (Å²) in [5.41, 5.74) is -0.343. The topological polar surface area (TPSA) is 114 Å². The largest absolute Gasteiger partial charge is 0.350 e. The highest BCUT2D eigenvalue weighted by Gasteiger charge is 2.20. The molecular formula is C21H28N6O4. The Balaban J connectivity index is 1.65. The monoisotopic (exact) mass is 428 g/mol. The first-order valence-corrected chi connectivity index (χ1v) is 10.5. The molecule has 3 rings (SSSR count). The first kappa shape index (κ1) is 22.6. The van der Waals surface area contributed by atoms with Gasteiger partial charge in [-0.05, 0) is 32.5 Å². The van der Waals surface area contributed by atoms with Crippen LogP contribution in [0.25, 0.3) is 5.69 Å². The second-order valence-electron chi connectivity index (χ2n) is 7.54. The molecule has 1 aromatic heterocycles. The lowest BCUT2D eigenvalue weighted by molar-refractivity contribution is -0.384. The van der Waals surface area contributed by atoms with Gasteiger partial charge in [-0.1, -0.05) is 19.1 Å². The minimum atomic E-state index is -0.576. The Morgan fingerprint density at radius 2 is 1.87 bits per heavy atom. The molecule has 0 atom stereocenters. The highest BCUT2D eigenvalue weighted by Crippen LogP contribution is 2.22. The van der Waals surface area contributed by atoms with Crippen LogP contribution in [0.1, 0.15) is 29.5 Å². The Morgan fingerprint density at radius 1 is 1.19 bits per heavy atom. The molecular weight excluding hydrogens is 400 g/mol. The summed E-state index contributed by atoms with van der Waals surface area (Å²) in [4.78, 5) is 40.5. The molecule has 0 unspecified atom stereocenters. The molecule has 1 aromatic carbocycles. The zero-order valence-electron chi connectivity index (χ0n) is 17.9. The van der Waals surface area contributed by atoms with E-state index in [1.165, 1.54) is 22.9 Å². The van der Waals surface area contributed by atoms with E-state index >= 15 is 0 Å². The number of likely N-dealkylation sites (N-methyl/N-ethyl adjacent to an activating group) is 1. The van der Waals surface area contributed by atoms with Gasteiger partial charge in [-0.2, -0.15) is 5.10 Å². The highest BCUT2D eigenvalue weighted by molar-refractivity contribution is 5.92. The molecule has 10 nitrogen and oxygen atoms in total. The van der Waals surface area contributed by atoms with Gasteiger partial charge in [0.1, 0.15) is 5.69 Å². The maximum atomic E-state index is 12.6. The first-order chi connectivity index (χ1) is 14.9. The number of hydrogen-bond acceptors (Lipinski definition) is 7. The molecule has 1 aliphatic heterocycles. The zero-order valence-corrected chi connectivity index (χ0v) is 17.9. The quantitative estimate of drug-likeness (QED) is 0.382. The zero-order chi connectivity index (χ0) is 22.4. The molecule has 0 radical (unpaired) electrons. The summed E-state index contributed by atoms with van der Waals surface area (Å²) in [7, 11) is 0. The molecule has 31 heavy (non-hydrogen) atoms. The molecule has 10 heteroatoms. The molecule has 166 valence electrons. The number of amides is 1. The Kier molecular flexibility index (Phi) is 7.48. The number of nitrogens with zero attached hydrogens (tertiary/aromatic N) is 5. The minimum Gasteiger partial charge on any atom is -0.350 e. The number of rotatable bonds is 8. The summed E-state index contributed by atoms with van der Waals surface area (Å²) >= 11 is 0. The van der Waals surface area contributed by atoms with Gasteiger partial charge in [0.2, 0.25) is 5.43 Å². The van der Waals surface area contributed by atoms with Crippen molar-refractivity contribution in [2.45, 2.75) is 20.3 Å². The molecule has 1 aliphatic rings. The molecule has 0 aliphatic carbocycles. The Bertz CT molecular complexity index is 998. The van der Waals surface area contributed by atoms with Gasteiger partial charge >= 0.3 is 0 Å². The van der Waals surface area contributed by atoms with Crippen LogP contribution >= 0.6 is 0 Å². The van der Waals surface area contributed by atoms with Gasteiger partial charge in [-0.15, -0.1) is 0 Å². The first-order valence-electron chi connectivity index (χ1n) is 10.5. The van der Waals surface area contributed by atoms with Crippen LogP contribution < -0.4 is 10.7 Å². The lowest BCUT2D eigenvalue weighted by Crippen LogP contribution is -2.46. The molecule has 2 heterocycles. The Hall–Kier alpha value is -3.11. The van der Waals surface area contributed by atoms with Gasteiger partial charge in [-0.3, -0.25) is 19.7 Å². The van der Waals surface area contributed by atoms with E-state index in [9.17, 15) is 19.7 Å². The molecule has 2 aromatic rings. The van der Waals surface area contributed by atoms with Crippen LogP contribution in [-0.2, 0) is 0 Å². The number of nitro benzene ring substituents is 1. The van der Waals surface area contributed by atoms with Crippen molar-refractivity contribution >= 4 is 11.6 Å². The number of carbonyl (C=O) groups is 1. The summed E-state index contributed by atoms with van der Waals surface area (Å²) in [5.74, 6) is -0.576. The van der Waals surface area contributed by atoms with E-state index in [1.807, 2.05) is 0 Å². The van der Waals surface area contributed by atoms with Crippen LogP contribution in [0.3, 0.4) is 0 Å². The van der Waals surface area contributed by atoms with Gasteiger partial charge in [-0.25, -0.2) is 4.68 Å². The predicted molar refractivity (Wildman–Crippen MR) is 117 cm³/mol. The van der Waals surface area contributed by atoms with Crippen molar-refractivity contribution in [2.75, 3.05) is 45.8 Å². The summed E-state index contributed by atoms with van der Waals surface area (Å²) in [5, 5.41) is 18.2. The normalized spacial score (nSPS) is 15.0. The maximum absolute atomic E-state index is 12.6. The Labute approximate surface area is 180 Å². The van der Waals surface area contributed by atoms with Crippen molar-refractivity contribution in [3.63, 3.8) is 0 Å². The number of piperazine rings is 1. The van der Waals surface area contributed by atoms with Crippen molar-refractivity contribution < 1.29 is 9.72 Å². The molecule has 1 amide bonds. The number of carbonyl (C=O) groups excluding carboxylic acids is 1. The van der Waals surface area contributed by atoms with E-state index < -0.39 is 16.3 Å². The fourth-order valence-electron chi connectivity index (χ4n) is 3.66. The average molecular weight is 428 g/mol. The maximum Gasteiger partial charge on any atom is 0.294 e. The van der Waals surface area contributed by atoms with Crippen molar-refractivity contribution in [2.24, 2.45) is 0 Å². The fraction of sp³-hybridized carbons (Fsp3) is 0.476. The molecule has 1 saturated heterocycles. The molecule has 0 spiro atoms. The van der Waals surface area contributed by atoms with Crippen LogP contribution in [-0.4, -0.2) is 76.2 Å². The van der Waals surface area contributed by atoms with Crippen LogP contribution in [0.5, 0.6) is 0 Å². The second kappa shape index (κ2) is 10.3. The lowest BCUT2D eigenvalue weighted by atomic mass is 10.2. The van der Waals surface area contributed by atoms with Crippen molar-refractivity contribution in [1.29, 1.82) is 0 Å². The summed E-state index contributed by atoms with van der Waals surface area (Å²) in [6.45, 7) is 10.3. The predicted octanol–water partition coefficient (Wildman–Crippen LogP) is 1.21. The van der Waals surface area contributed by atoms with Gasteiger partial charge < -0.3 is 15.1 Å². The molecule has 1 N–H and O–H groups in total. The van der Waals surface area contributed by atoms with E-state index in [0.29, 0.717) is 12.2 Å². The molecule has 0 bridgehead atoms. The minimum absolute atomic E-state index is 0.156. The molecule has 1 fully saturated rings. The van der Waals surface area contributed by atoms with Crippen LogP contribution in [0.2, 0.25) is 0 Å². The number of aromatic nitrogens is 2. The third-order valence-corrected chi connectivity index (χ3v) is 5.48. The van der Waals surface area contributed by atoms with Gasteiger partial charge in [0, 0.05) is 50.6 Å².